The van der Waals surface area contributed by atoms with E-state index in [1.807, 2.05) is 125 Å². The molecule has 5 aromatic rings. The summed E-state index contributed by atoms with van der Waals surface area (Å²) in [5, 5.41) is 1.43. The Bertz CT molecular complexity index is 2170. The van der Waals surface area contributed by atoms with E-state index in [-0.39, 0.29) is 0 Å². The lowest BCUT2D eigenvalue weighted by Crippen LogP contribution is -2.23. The van der Waals surface area contributed by atoms with Crippen LogP contribution >= 0.6 is 82.6 Å². The molecule has 52 heavy (non-hydrogen) atoms. The number of benzene rings is 5. The molecule has 266 valence electrons. The van der Waals surface area contributed by atoms with Crippen molar-refractivity contribution in [1.82, 2.24) is 0 Å². The number of rotatable bonds is 8. The summed E-state index contributed by atoms with van der Waals surface area (Å²) < 4.78 is 8.22. The Morgan fingerprint density at radius 2 is 1.06 bits per heavy atom. The van der Waals surface area contributed by atoms with E-state index < -0.39 is 11.6 Å². The number of carbonyl (C=O) groups is 1. The molecule has 0 unspecified atom stereocenters. The van der Waals surface area contributed by atoms with Crippen molar-refractivity contribution in [3.63, 3.8) is 0 Å². The molecule has 0 fully saturated rings. The molecule has 10 heteroatoms. The largest absolute Gasteiger partial charge is 0.442 e. The number of hydrogen-bond acceptors (Lipinski definition) is 4. The van der Waals surface area contributed by atoms with Crippen molar-refractivity contribution < 1.29 is 9.53 Å². The Balaban J connectivity index is 1.78. The van der Waals surface area contributed by atoms with E-state index >= 15 is 0 Å². The summed E-state index contributed by atoms with van der Waals surface area (Å²) in [7, 11) is 7.88. The van der Waals surface area contributed by atoms with Crippen molar-refractivity contribution in [2.75, 3.05) is 38.0 Å². The van der Waals surface area contributed by atoms with Gasteiger partial charge in [0.25, 0.3) is 0 Å². The Morgan fingerprint density at radius 1 is 0.635 bits per heavy atom. The van der Waals surface area contributed by atoms with Crippen LogP contribution in [0.15, 0.2) is 110 Å². The van der Waals surface area contributed by atoms with Crippen LogP contribution in [0.1, 0.15) is 49.3 Å². The zero-order chi connectivity index (χ0) is 37.6. The molecular weight excluding hydrogens is 911 g/mol. The number of carbonyl (C=O) groups excluding carboxylic acids is 1. The van der Waals surface area contributed by atoms with E-state index in [0.29, 0.717) is 39.6 Å². The van der Waals surface area contributed by atoms with E-state index in [0.717, 1.165) is 55.9 Å². The molecule has 4 nitrogen and oxygen atoms in total. The van der Waals surface area contributed by atoms with E-state index in [1.54, 1.807) is 0 Å². The number of cyclic esters (lactones) is 1. The highest BCUT2D eigenvalue weighted by atomic mass is 79.9. The lowest BCUT2D eigenvalue weighted by Gasteiger charge is -2.28. The fourth-order valence-electron chi connectivity index (χ4n) is 6.22. The minimum Gasteiger partial charge on any atom is -0.442 e. The fraction of sp³-hybridized carbons (Fsp3) is 0.167. The lowest BCUT2D eigenvalue weighted by atomic mass is 9.83. The quantitative estimate of drug-likeness (QED) is 0.0882. The Kier molecular flexibility index (Phi) is 11.4. The third kappa shape index (κ3) is 7.38. The number of anilines is 2. The van der Waals surface area contributed by atoms with Crippen LogP contribution in [-0.2, 0) is 10.3 Å². The minimum atomic E-state index is -1.51. The van der Waals surface area contributed by atoms with Crippen LogP contribution in [0.25, 0.3) is 11.1 Å². The summed E-state index contributed by atoms with van der Waals surface area (Å²) in [5.74, 6) is -0.543. The van der Waals surface area contributed by atoms with Crippen LogP contribution in [0.5, 0.6) is 0 Å². The third-order valence-corrected chi connectivity index (χ3v) is 13.5. The maximum atomic E-state index is 14.2. The maximum Gasteiger partial charge on any atom is 0.341 e. The van der Waals surface area contributed by atoms with Gasteiger partial charge in [0.05, 0.1) is 29.6 Å². The third-order valence-electron chi connectivity index (χ3n) is 9.08. The average molecular weight is 945 g/mol. The van der Waals surface area contributed by atoms with E-state index in [2.05, 4.69) is 72.1 Å². The van der Waals surface area contributed by atoms with Crippen LogP contribution in [0.3, 0.4) is 0 Å². The molecule has 1 aliphatic rings. The number of esters is 1. The van der Waals surface area contributed by atoms with Crippen LogP contribution in [0, 0.1) is 13.8 Å². The fourth-order valence-corrected chi connectivity index (χ4v) is 9.00. The molecule has 0 saturated carbocycles. The standard InChI is InChI=1S/C42H34Br3Cl3N2O2/c1-23-7-11-25(12-8-23)31(29-17-15-27(49(3)4)19-33(29)46)21-42(36-35(41(51)52-42)37(43)40(48)39(45)38(36)44)22-32(26-13-9-24(2)10-14-26)30-18-16-28(50(5)6)20-34(30)47/h7-22H,1-6H3/b31-21+,32-22+. The van der Waals surface area contributed by atoms with Gasteiger partial charge in [0.2, 0.25) is 0 Å². The summed E-state index contributed by atoms with van der Waals surface area (Å²) in [4.78, 5) is 18.2. The summed E-state index contributed by atoms with van der Waals surface area (Å²) >= 11 is 32.2. The molecule has 0 bridgehead atoms. The van der Waals surface area contributed by atoms with Gasteiger partial charge in [-0.3, -0.25) is 0 Å². The number of aryl methyl sites for hydroxylation is 2. The van der Waals surface area contributed by atoms with Crippen molar-refractivity contribution in [1.29, 1.82) is 0 Å². The zero-order valence-corrected chi connectivity index (χ0v) is 36.2. The average Bonchev–Trinajstić information content (AvgIpc) is 3.40. The van der Waals surface area contributed by atoms with Gasteiger partial charge in [0, 0.05) is 60.7 Å². The zero-order valence-electron chi connectivity index (χ0n) is 29.2. The minimum absolute atomic E-state index is 0.308. The van der Waals surface area contributed by atoms with Crippen LogP contribution in [-0.4, -0.2) is 34.2 Å². The molecule has 0 atom stereocenters. The first-order valence-electron chi connectivity index (χ1n) is 16.3. The first-order valence-corrected chi connectivity index (χ1v) is 19.8. The summed E-state index contributed by atoms with van der Waals surface area (Å²) in [5.41, 5.74) is 8.30. The normalized spacial score (nSPS) is 14.0. The van der Waals surface area contributed by atoms with Crippen molar-refractivity contribution in [2.45, 2.75) is 19.4 Å². The highest BCUT2D eigenvalue weighted by molar-refractivity contribution is 9.13. The van der Waals surface area contributed by atoms with Gasteiger partial charge in [-0.05, 0) is 120 Å². The Hall–Kier alpha value is -3.04. The molecule has 0 N–H and O–H groups in total. The van der Waals surface area contributed by atoms with Gasteiger partial charge >= 0.3 is 5.97 Å². The SMILES string of the molecule is Cc1ccc(/C(=C\C2(/C=C(\c3ccc(C)cc3)c3ccc(N(C)C)cc3Cl)OC(=O)c3c(Br)c(Cl)c(Br)c(Br)c32)c2ccc(N(C)C)cc2Cl)cc1. The highest BCUT2D eigenvalue weighted by Crippen LogP contribution is 2.54. The van der Waals surface area contributed by atoms with Gasteiger partial charge in [-0.25, -0.2) is 4.79 Å². The van der Waals surface area contributed by atoms with Gasteiger partial charge < -0.3 is 14.5 Å². The first-order chi connectivity index (χ1) is 24.6. The van der Waals surface area contributed by atoms with Gasteiger partial charge in [0.15, 0.2) is 5.60 Å². The summed E-state index contributed by atoms with van der Waals surface area (Å²) in [6, 6.07) is 28.3. The number of nitrogens with zero attached hydrogens (tertiary/aromatic N) is 2. The van der Waals surface area contributed by atoms with Crippen molar-refractivity contribution in [3.05, 3.63) is 170 Å². The molecule has 0 spiro atoms. The van der Waals surface area contributed by atoms with E-state index in [1.165, 1.54) is 0 Å². The molecule has 1 heterocycles. The molecule has 0 saturated heterocycles. The highest BCUT2D eigenvalue weighted by Gasteiger charge is 2.48. The number of fused-ring (bicyclic) bond motifs is 1. The second-order valence-electron chi connectivity index (χ2n) is 13.2. The predicted molar refractivity (Wildman–Crippen MR) is 230 cm³/mol. The van der Waals surface area contributed by atoms with Crippen molar-refractivity contribution in [3.8, 4) is 0 Å². The smallest absolute Gasteiger partial charge is 0.341 e. The molecular formula is C42H34Br3Cl3N2O2. The first kappa shape index (κ1) is 38.7. The van der Waals surface area contributed by atoms with Gasteiger partial charge in [-0.1, -0.05) is 107 Å². The molecule has 0 radical (unpaired) electrons. The molecule has 6 rings (SSSR count). The molecule has 0 aliphatic carbocycles. The van der Waals surface area contributed by atoms with Gasteiger partial charge in [0.1, 0.15) is 0 Å². The lowest BCUT2D eigenvalue weighted by molar-refractivity contribution is 0.0298. The van der Waals surface area contributed by atoms with Gasteiger partial charge in [-0.2, -0.15) is 0 Å². The van der Waals surface area contributed by atoms with E-state index in [9.17, 15) is 4.79 Å². The van der Waals surface area contributed by atoms with Crippen molar-refractivity contribution >= 4 is 111 Å². The van der Waals surface area contributed by atoms with Crippen molar-refractivity contribution in [2.24, 2.45) is 0 Å². The van der Waals surface area contributed by atoms with Crippen LogP contribution in [0.4, 0.5) is 11.4 Å². The summed E-state index contributed by atoms with van der Waals surface area (Å²) in [6.45, 7) is 4.08. The monoisotopic (exact) mass is 940 g/mol. The Morgan fingerprint density at radius 3 is 1.44 bits per heavy atom. The number of ether oxygens (including phenoxy) is 1. The topological polar surface area (TPSA) is 32.8 Å². The maximum absolute atomic E-state index is 14.2. The second-order valence-corrected chi connectivity index (χ2v) is 16.7. The second kappa shape index (κ2) is 15.4. The molecule has 5 aromatic carbocycles. The summed E-state index contributed by atoms with van der Waals surface area (Å²) in [6.07, 6.45) is 3.96. The number of hydrogen-bond donors (Lipinski definition) is 0. The van der Waals surface area contributed by atoms with Crippen LogP contribution in [0.2, 0.25) is 15.1 Å². The predicted octanol–water partition coefficient (Wildman–Crippen LogP) is 13.3. The molecule has 1 aliphatic heterocycles. The number of halogens is 6. The Labute approximate surface area is 345 Å². The van der Waals surface area contributed by atoms with Gasteiger partial charge in [-0.15, -0.1) is 0 Å². The van der Waals surface area contributed by atoms with Crippen LogP contribution < -0.4 is 9.80 Å². The molecule has 0 aromatic heterocycles. The molecule has 0 amide bonds. The van der Waals surface area contributed by atoms with E-state index in [4.69, 9.17) is 39.5 Å².